The highest BCUT2D eigenvalue weighted by atomic mass is 32.2. The van der Waals surface area contributed by atoms with Gasteiger partial charge in [-0.25, -0.2) is 9.48 Å². The molecule has 16 heteroatoms. The van der Waals surface area contributed by atoms with Gasteiger partial charge in [-0.2, -0.15) is 0 Å². The highest BCUT2D eigenvalue weighted by Gasteiger charge is 2.54. The molecule has 4 heterocycles. The number of aryl methyl sites for hydroxylation is 1. The van der Waals surface area contributed by atoms with Gasteiger partial charge < -0.3 is 10.1 Å². The van der Waals surface area contributed by atoms with Gasteiger partial charge in [-0.15, -0.1) is 28.2 Å². The number of carbonyl (C=O) groups is 3. The Morgan fingerprint density at radius 2 is 2.08 bits per heavy atom. The summed E-state index contributed by atoms with van der Waals surface area (Å²) < 4.78 is 6.95. The lowest BCUT2D eigenvalue weighted by molar-refractivity contribution is -0.384. The Balaban J connectivity index is 1.33. The van der Waals surface area contributed by atoms with E-state index in [1.807, 2.05) is 17.5 Å². The van der Waals surface area contributed by atoms with E-state index in [2.05, 4.69) is 20.8 Å². The molecule has 13 nitrogen and oxygen atoms in total. The van der Waals surface area contributed by atoms with Crippen LogP contribution in [0, 0.1) is 10.1 Å². The largest absolute Gasteiger partial charge is 0.456 e. The Bertz CT molecular complexity index is 1420. The molecule has 0 saturated carbocycles. The lowest BCUT2D eigenvalue weighted by Crippen LogP contribution is -2.70. The zero-order chi connectivity index (χ0) is 26.8. The molecule has 3 aromatic rings. The molecule has 5 rings (SSSR count). The van der Waals surface area contributed by atoms with E-state index in [0.29, 0.717) is 21.4 Å². The van der Waals surface area contributed by atoms with Gasteiger partial charge in [-0.1, -0.05) is 6.07 Å². The second-order valence-corrected chi connectivity index (χ2v) is 11.4. The highest BCUT2D eigenvalue weighted by molar-refractivity contribution is 8.06. The maximum absolute atomic E-state index is 13.3. The van der Waals surface area contributed by atoms with Gasteiger partial charge in [0.05, 0.1) is 11.3 Å². The zero-order valence-corrected chi connectivity index (χ0v) is 22.1. The number of aromatic nitrogens is 4. The molecule has 0 aliphatic carbocycles. The quantitative estimate of drug-likeness (QED) is 0.172. The molecule has 1 fully saturated rings. The molecule has 1 unspecified atom stereocenters. The van der Waals surface area contributed by atoms with Gasteiger partial charge in [0.1, 0.15) is 23.7 Å². The van der Waals surface area contributed by atoms with Crippen molar-refractivity contribution in [2.45, 2.75) is 29.6 Å². The number of tetrazole rings is 1. The molecule has 2 atom stereocenters. The van der Waals surface area contributed by atoms with E-state index >= 15 is 0 Å². The first kappa shape index (κ1) is 25.9. The molecule has 1 saturated heterocycles. The number of ether oxygens (including phenoxy) is 1. The Morgan fingerprint density at radius 1 is 1.29 bits per heavy atom. The smallest absolute Gasteiger partial charge is 0.356 e. The summed E-state index contributed by atoms with van der Waals surface area (Å²) in [5, 5.41) is 26.9. The molecule has 38 heavy (non-hydrogen) atoms. The number of carbonyl (C=O) groups excluding carboxylic acids is 3. The van der Waals surface area contributed by atoms with Crippen LogP contribution >= 0.6 is 34.9 Å². The number of nitrogens with zero attached hydrogens (tertiary/aromatic N) is 6. The summed E-state index contributed by atoms with van der Waals surface area (Å²) in [4.78, 5) is 52.1. The molecule has 2 amide bonds. The highest BCUT2D eigenvalue weighted by Crippen LogP contribution is 2.45. The minimum absolute atomic E-state index is 0.0671. The first-order valence-corrected chi connectivity index (χ1v) is 13.9. The van der Waals surface area contributed by atoms with Crippen molar-refractivity contribution < 1.29 is 24.0 Å². The molecule has 1 aromatic carbocycles. The molecule has 2 aliphatic rings. The number of esters is 1. The van der Waals surface area contributed by atoms with Crippen LogP contribution in [-0.2, 0) is 39.2 Å². The molecule has 2 aliphatic heterocycles. The van der Waals surface area contributed by atoms with E-state index in [9.17, 15) is 24.5 Å². The number of non-ortho nitro benzene ring substituents is 1. The van der Waals surface area contributed by atoms with Crippen LogP contribution < -0.4 is 5.32 Å². The third-order valence-electron chi connectivity index (χ3n) is 5.67. The Labute approximate surface area is 227 Å². The van der Waals surface area contributed by atoms with Crippen molar-refractivity contribution in [3.8, 4) is 0 Å². The Hall–Kier alpha value is -3.76. The number of nitrogens with one attached hydrogen (secondary N) is 1. The predicted octanol–water partition coefficient (Wildman–Crippen LogP) is 1.87. The van der Waals surface area contributed by atoms with Crippen molar-refractivity contribution in [2.24, 2.45) is 7.05 Å². The summed E-state index contributed by atoms with van der Waals surface area (Å²) in [5.41, 5.74) is 0.535. The fourth-order valence-corrected chi connectivity index (χ4v) is 6.89. The Morgan fingerprint density at radius 3 is 2.74 bits per heavy atom. The average molecular weight is 574 g/mol. The van der Waals surface area contributed by atoms with Crippen LogP contribution in [-0.4, -0.2) is 65.0 Å². The van der Waals surface area contributed by atoms with Crippen LogP contribution in [0.5, 0.6) is 0 Å². The molecule has 1 N–H and O–H groups in total. The molecule has 0 spiro atoms. The Kier molecular flexibility index (Phi) is 7.44. The van der Waals surface area contributed by atoms with E-state index in [0.717, 1.165) is 16.6 Å². The van der Waals surface area contributed by atoms with Crippen LogP contribution in [0.1, 0.15) is 10.4 Å². The number of hydrogen-bond donors (Lipinski definition) is 1. The van der Waals surface area contributed by atoms with E-state index in [-0.39, 0.29) is 30.3 Å². The molecule has 0 bridgehead atoms. The summed E-state index contributed by atoms with van der Waals surface area (Å²) >= 11 is 4.02. The number of fused-ring (bicyclic) bond motifs is 1. The van der Waals surface area contributed by atoms with E-state index in [4.69, 9.17) is 4.74 Å². The van der Waals surface area contributed by atoms with Crippen molar-refractivity contribution in [2.75, 3.05) is 5.75 Å². The number of thioether (sulfide) groups is 2. The standard InChI is InChI=1S/C22H19N7O6S3/c1-27-22(24-25-26-27)38-15-11-37-20-17(23-16(30)9-14-3-2-8-36-14)19(31)28(20)18(15)21(32)35-10-12-4-6-13(7-5-12)29(33)34/h2-8,17,20H,9-11H2,1H3,(H,23,30)/t17?,20-/m1/s1. The van der Waals surface area contributed by atoms with Gasteiger partial charge in [-0.05, 0) is 51.3 Å². The van der Waals surface area contributed by atoms with Gasteiger partial charge in [0, 0.05) is 34.7 Å². The number of thiophene rings is 1. The fraction of sp³-hybridized carbons (Fsp3) is 0.273. The zero-order valence-electron chi connectivity index (χ0n) is 19.7. The average Bonchev–Trinajstić information content (AvgIpc) is 3.57. The minimum Gasteiger partial charge on any atom is -0.456 e. The first-order chi connectivity index (χ1) is 18.3. The SMILES string of the molecule is Cn1nnnc1SC1=C(C(=O)OCc2ccc([N+](=O)[O-])cc2)N2C(=O)C(NC(=O)Cc3cccs3)[C@H]2SC1. The van der Waals surface area contributed by atoms with Crippen LogP contribution in [0.4, 0.5) is 5.69 Å². The molecule has 2 aromatic heterocycles. The molecular formula is C22H19N7O6S3. The second-order valence-electron chi connectivity index (χ2n) is 8.17. The van der Waals surface area contributed by atoms with Gasteiger partial charge in [0.25, 0.3) is 11.6 Å². The number of β-lactam (4-membered cyclic amide) rings is 1. The van der Waals surface area contributed by atoms with E-state index < -0.39 is 28.2 Å². The fourth-order valence-electron chi connectivity index (χ4n) is 3.80. The van der Waals surface area contributed by atoms with Crippen LogP contribution in [0.25, 0.3) is 0 Å². The van der Waals surface area contributed by atoms with Crippen molar-refractivity contribution in [1.29, 1.82) is 0 Å². The van der Waals surface area contributed by atoms with Crippen LogP contribution in [0.15, 0.2) is 57.5 Å². The second kappa shape index (κ2) is 10.9. The van der Waals surface area contributed by atoms with E-state index in [1.165, 1.54) is 56.9 Å². The summed E-state index contributed by atoms with van der Waals surface area (Å²) in [6.07, 6.45) is 0.166. The van der Waals surface area contributed by atoms with Crippen molar-refractivity contribution in [1.82, 2.24) is 30.4 Å². The number of amides is 2. The molecule has 0 radical (unpaired) electrons. The lowest BCUT2D eigenvalue weighted by atomic mass is 10.0. The third kappa shape index (κ3) is 5.27. The summed E-state index contributed by atoms with van der Waals surface area (Å²) in [6, 6.07) is 8.56. The predicted molar refractivity (Wildman–Crippen MR) is 138 cm³/mol. The maximum Gasteiger partial charge on any atom is 0.356 e. The number of rotatable bonds is 9. The lowest BCUT2D eigenvalue weighted by Gasteiger charge is -2.49. The topological polar surface area (TPSA) is 162 Å². The summed E-state index contributed by atoms with van der Waals surface area (Å²) in [6.45, 7) is -0.148. The van der Waals surface area contributed by atoms with Gasteiger partial charge in [0.2, 0.25) is 11.1 Å². The monoisotopic (exact) mass is 573 g/mol. The minimum atomic E-state index is -0.770. The number of nitro benzene ring substituents is 1. The van der Waals surface area contributed by atoms with Crippen molar-refractivity contribution in [3.63, 3.8) is 0 Å². The van der Waals surface area contributed by atoms with Crippen molar-refractivity contribution in [3.05, 3.63) is 72.9 Å². The molecule has 196 valence electrons. The number of benzene rings is 1. The van der Waals surface area contributed by atoms with Crippen molar-refractivity contribution >= 4 is 58.3 Å². The summed E-state index contributed by atoms with van der Waals surface area (Å²) in [7, 11) is 1.65. The van der Waals surface area contributed by atoms with Gasteiger partial charge in [0.15, 0.2) is 0 Å². The van der Waals surface area contributed by atoms with Gasteiger partial charge >= 0.3 is 5.97 Å². The summed E-state index contributed by atoms with van der Waals surface area (Å²) in [5.74, 6) is -1.06. The molecular weight excluding hydrogens is 554 g/mol. The van der Waals surface area contributed by atoms with Crippen LogP contribution in [0.3, 0.4) is 0 Å². The first-order valence-electron chi connectivity index (χ1n) is 11.1. The normalized spacial score (nSPS) is 18.6. The van der Waals surface area contributed by atoms with Gasteiger partial charge in [-0.3, -0.25) is 24.6 Å². The van der Waals surface area contributed by atoms with Crippen LogP contribution in [0.2, 0.25) is 0 Å². The number of hydrogen-bond acceptors (Lipinski definition) is 12. The maximum atomic E-state index is 13.3. The number of nitro groups is 1. The third-order valence-corrected chi connectivity index (χ3v) is 9.12. The van der Waals surface area contributed by atoms with E-state index in [1.54, 1.807) is 7.05 Å².